The Balaban J connectivity index is 0.00000552. The molecule has 1 aliphatic rings. The van der Waals surface area contributed by atoms with Crippen molar-refractivity contribution < 1.29 is 31.5 Å². The van der Waals surface area contributed by atoms with E-state index in [0.29, 0.717) is 36.1 Å². The lowest BCUT2D eigenvalue weighted by Gasteiger charge is -2.40. The molecule has 244 valence electrons. The number of piperidine rings is 1. The molecule has 0 aliphatic carbocycles. The number of nitrogens with two attached hydrogens (primary N) is 1. The van der Waals surface area contributed by atoms with Crippen LogP contribution in [0.1, 0.15) is 54.9 Å². The zero-order chi connectivity index (χ0) is 31.9. The Labute approximate surface area is 268 Å². The van der Waals surface area contributed by atoms with Crippen LogP contribution in [-0.4, -0.2) is 50.1 Å². The van der Waals surface area contributed by atoms with Gasteiger partial charge in [-0.1, -0.05) is 31.9 Å². The summed E-state index contributed by atoms with van der Waals surface area (Å²) in [4.78, 5) is 26.5. The van der Waals surface area contributed by atoms with Crippen molar-refractivity contribution in [3.63, 3.8) is 0 Å². The van der Waals surface area contributed by atoms with Gasteiger partial charge in [-0.05, 0) is 67.3 Å². The van der Waals surface area contributed by atoms with Crippen LogP contribution in [0.4, 0.5) is 25.0 Å². The predicted octanol–water partition coefficient (Wildman–Crippen LogP) is 5.99. The van der Waals surface area contributed by atoms with Gasteiger partial charge in [-0.2, -0.15) is 0 Å². The van der Waals surface area contributed by atoms with E-state index in [4.69, 9.17) is 10.5 Å². The number of benzene rings is 3. The molecule has 3 aromatic carbocycles. The van der Waals surface area contributed by atoms with Gasteiger partial charge < -0.3 is 21.1 Å². The Bertz CT molecular complexity index is 1580. The zero-order valence-corrected chi connectivity index (χ0v) is 26.6. The van der Waals surface area contributed by atoms with Gasteiger partial charge >= 0.3 is 6.03 Å². The first kappa shape index (κ1) is 35.5. The van der Waals surface area contributed by atoms with Crippen LogP contribution in [0.2, 0.25) is 0 Å². The van der Waals surface area contributed by atoms with E-state index in [9.17, 15) is 26.8 Å². The number of unbranched alkanes of at least 4 members (excludes halogenated alkanes) is 1. The van der Waals surface area contributed by atoms with Gasteiger partial charge in [0.25, 0.3) is 5.91 Å². The standard InChI is InChI=1S/C31H37F2N5O5S.ClH/c1-3-4-5-23-16-22(35-31(40)36-29-17-26(30(34)39)27(32)18-28(29)33)14-15-38(23)19-20-6-10-24(11-7-20)43-25-12-8-21(9-13-25)37-44(2,41)42;/h6-13,17-18,22-23,37H,3-5,14-16,19H2,1-2H3,(H2,34,39)(H2,35,36,40);1H. The number of carbonyl (C=O) groups is 2. The molecule has 1 aliphatic heterocycles. The number of ether oxygens (including phenoxy) is 1. The number of nitrogens with zero attached hydrogens (tertiary/aromatic N) is 1. The lowest BCUT2D eigenvalue weighted by atomic mass is 9.93. The van der Waals surface area contributed by atoms with E-state index in [1.807, 2.05) is 24.3 Å². The number of hydrogen-bond acceptors (Lipinski definition) is 6. The first-order valence-corrected chi connectivity index (χ1v) is 16.2. The highest BCUT2D eigenvalue weighted by molar-refractivity contribution is 7.92. The molecular formula is C31H38ClF2N5O5S. The van der Waals surface area contributed by atoms with Crippen molar-refractivity contribution >= 4 is 45.7 Å². The van der Waals surface area contributed by atoms with Gasteiger partial charge in [0.05, 0.1) is 17.5 Å². The van der Waals surface area contributed by atoms with E-state index in [1.54, 1.807) is 24.3 Å². The number of carbonyl (C=O) groups excluding carboxylic acids is 2. The van der Waals surface area contributed by atoms with Crippen molar-refractivity contribution in [3.05, 3.63) is 83.4 Å². The van der Waals surface area contributed by atoms with Gasteiger partial charge in [-0.15, -0.1) is 12.4 Å². The first-order chi connectivity index (χ1) is 20.9. The minimum Gasteiger partial charge on any atom is -0.457 e. The Morgan fingerprint density at radius 3 is 2.27 bits per heavy atom. The van der Waals surface area contributed by atoms with E-state index < -0.39 is 39.2 Å². The topological polar surface area (TPSA) is 143 Å². The Hall–Kier alpha value is -3.94. The van der Waals surface area contributed by atoms with Crippen LogP contribution >= 0.6 is 12.4 Å². The second kappa shape index (κ2) is 15.9. The van der Waals surface area contributed by atoms with Crippen molar-refractivity contribution in [2.24, 2.45) is 5.73 Å². The average molecular weight is 666 g/mol. The summed E-state index contributed by atoms with van der Waals surface area (Å²) in [7, 11) is -3.35. The minimum atomic E-state index is -3.35. The maximum atomic E-state index is 14.2. The lowest BCUT2D eigenvalue weighted by Crippen LogP contribution is -2.50. The first-order valence-electron chi connectivity index (χ1n) is 14.3. The fourth-order valence-corrected chi connectivity index (χ4v) is 5.76. The monoisotopic (exact) mass is 665 g/mol. The highest BCUT2D eigenvalue weighted by Gasteiger charge is 2.29. The predicted molar refractivity (Wildman–Crippen MR) is 172 cm³/mol. The molecule has 14 heteroatoms. The molecule has 1 saturated heterocycles. The second-order valence-electron chi connectivity index (χ2n) is 10.9. The number of halogens is 3. The summed E-state index contributed by atoms with van der Waals surface area (Å²) >= 11 is 0. The van der Waals surface area contributed by atoms with Crippen molar-refractivity contribution in [3.8, 4) is 11.5 Å². The van der Waals surface area contributed by atoms with Crippen LogP contribution in [0.3, 0.4) is 0 Å². The van der Waals surface area contributed by atoms with Gasteiger partial charge in [-0.25, -0.2) is 22.0 Å². The van der Waals surface area contributed by atoms with Crippen LogP contribution in [0, 0.1) is 11.6 Å². The molecule has 0 aromatic heterocycles. The van der Waals surface area contributed by atoms with E-state index in [0.717, 1.165) is 50.2 Å². The summed E-state index contributed by atoms with van der Waals surface area (Å²) in [6.07, 6.45) is 5.50. The van der Waals surface area contributed by atoms with Crippen molar-refractivity contribution in [2.45, 2.75) is 57.7 Å². The number of anilines is 2. The lowest BCUT2D eigenvalue weighted by molar-refractivity contribution is 0.0996. The molecule has 3 amide bonds. The van der Waals surface area contributed by atoms with Gasteiger partial charge in [0.15, 0.2) is 0 Å². The van der Waals surface area contributed by atoms with Crippen LogP contribution in [0.25, 0.3) is 0 Å². The molecule has 2 unspecified atom stereocenters. The van der Waals surface area contributed by atoms with Gasteiger partial charge in [-0.3, -0.25) is 14.4 Å². The number of nitrogens with one attached hydrogen (secondary N) is 3. The third kappa shape index (κ3) is 10.6. The van der Waals surface area contributed by atoms with Gasteiger partial charge in [0, 0.05) is 36.9 Å². The second-order valence-corrected chi connectivity index (χ2v) is 12.7. The number of hydrogen-bond donors (Lipinski definition) is 4. The number of urea groups is 1. The maximum absolute atomic E-state index is 14.2. The maximum Gasteiger partial charge on any atom is 0.319 e. The molecule has 0 radical (unpaired) electrons. The van der Waals surface area contributed by atoms with E-state index in [2.05, 4.69) is 27.2 Å². The SMILES string of the molecule is CCCCC1CC(NC(=O)Nc2cc(C(N)=O)c(F)cc2F)CCN1Cc1ccc(Oc2ccc(NS(C)(=O)=O)cc2)cc1.Cl. The summed E-state index contributed by atoms with van der Waals surface area (Å²) in [5.74, 6) is -1.93. The summed E-state index contributed by atoms with van der Waals surface area (Å²) < 4.78 is 59.1. The summed E-state index contributed by atoms with van der Waals surface area (Å²) in [6, 6.07) is 15.2. The normalized spacial score (nSPS) is 16.7. The van der Waals surface area contributed by atoms with E-state index >= 15 is 0 Å². The number of sulfonamides is 1. The molecule has 10 nitrogen and oxygen atoms in total. The van der Waals surface area contributed by atoms with Crippen LogP contribution in [-0.2, 0) is 16.6 Å². The third-order valence-electron chi connectivity index (χ3n) is 7.34. The molecule has 5 N–H and O–H groups in total. The fourth-order valence-electron chi connectivity index (χ4n) is 5.19. The molecule has 4 rings (SSSR count). The largest absolute Gasteiger partial charge is 0.457 e. The fraction of sp³-hybridized carbons (Fsp3) is 0.355. The molecule has 0 spiro atoms. The molecule has 0 saturated carbocycles. The molecule has 0 bridgehead atoms. The molecule has 1 heterocycles. The highest BCUT2D eigenvalue weighted by atomic mass is 35.5. The minimum absolute atomic E-state index is 0. The Morgan fingerprint density at radius 2 is 1.67 bits per heavy atom. The van der Waals surface area contributed by atoms with Crippen LogP contribution < -0.4 is 25.8 Å². The number of rotatable bonds is 12. The quantitative estimate of drug-likeness (QED) is 0.187. The number of likely N-dealkylation sites (tertiary alicyclic amines) is 1. The summed E-state index contributed by atoms with van der Waals surface area (Å²) in [5, 5.41) is 5.26. The van der Waals surface area contributed by atoms with Gasteiger partial charge in [0.2, 0.25) is 10.0 Å². The van der Waals surface area contributed by atoms with E-state index in [1.165, 1.54) is 0 Å². The summed E-state index contributed by atoms with van der Waals surface area (Å²) in [6.45, 7) is 3.58. The van der Waals surface area contributed by atoms with Crippen molar-refractivity contribution in [1.82, 2.24) is 10.2 Å². The van der Waals surface area contributed by atoms with Crippen molar-refractivity contribution in [1.29, 1.82) is 0 Å². The Kier molecular flexibility index (Phi) is 12.5. The van der Waals surface area contributed by atoms with Crippen LogP contribution in [0.15, 0.2) is 60.7 Å². The summed E-state index contributed by atoms with van der Waals surface area (Å²) in [5.41, 5.74) is 5.86. The molecule has 45 heavy (non-hydrogen) atoms. The molecular weight excluding hydrogens is 628 g/mol. The van der Waals surface area contributed by atoms with Gasteiger partial charge in [0.1, 0.15) is 23.1 Å². The molecule has 1 fully saturated rings. The smallest absolute Gasteiger partial charge is 0.319 e. The number of amides is 3. The zero-order valence-electron chi connectivity index (χ0n) is 25.0. The Morgan fingerprint density at radius 1 is 1.02 bits per heavy atom. The molecule has 3 aromatic rings. The van der Waals surface area contributed by atoms with E-state index in [-0.39, 0.29) is 30.2 Å². The molecule has 2 atom stereocenters. The average Bonchev–Trinajstić information content (AvgIpc) is 2.95. The number of primary amides is 1. The highest BCUT2D eigenvalue weighted by Crippen LogP contribution is 2.27. The van der Waals surface area contributed by atoms with Crippen molar-refractivity contribution in [2.75, 3.05) is 22.8 Å². The van der Waals surface area contributed by atoms with Crippen LogP contribution in [0.5, 0.6) is 11.5 Å². The third-order valence-corrected chi connectivity index (χ3v) is 7.94.